The quantitative estimate of drug-likeness (QED) is 0.814. The zero-order valence-electron chi connectivity index (χ0n) is 13.4. The van der Waals surface area contributed by atoms with Crippen molar-refractivity contribution >= 4 is 23.0 Å². The van der Waals surface area contributed by atoms with Gasteiger partial charge >= 0.3 is 0 Å². The lowest BCUT2D eigenvalue weighted by molar-refractivity contribution is -0.116. The van der Waals surface area contributed by atoms with Crippen LogP contribution in [0.5, 0.6) is 0 Å². The van der Waals surface area contributed by atoms with Gasteiger partial charge in [-0.1, -0.05) is 0 Å². The molecule has 0 fully saturated rings. The highest BCUT2D eigenvalue weighted by Gasteiger charge is 2.21. The van der Waals surface area contributed by atoms with Crippen LogP contribution in [0.25, 0.3) is 0 Å². The standard InChI is InChI=1S/C16H26N4O/c1-5-20(11(2)10-19(3)4)15-8-12-6-7-16(21)18-14(12)9-13(15)17/h8-9,11H,5-7,10,17H2,1-4H3,(H,18,21). The Labute approximate surface area is 127 Å². The smallest absolute Gasteiger partial charge is 0.224 e. The Morgan fingerprint density at radius 2 is 2.05 bits per heavy atom. The van der Waals surface area contributed by atoms with Gasteiger partial charge in [-0.2, -0.15) is 0 Å². The average Bonchev–Trinajstić information content (AvgIpc) is 2.39. The summed E-state index contributed by atoms with van der Waals surface area (Å²) in [5, 5.41) is 2.90. The summed E-state index contributed by atoms with van der Waals surface area (Å²) >= 11 is 0. The van der Waals surface area contributed by atoms with E-state index < -0.39 is 0 Å². The number of anilines is 3. The summed E-state index contributed by atoms with van der Waals surface area (Å²) in [4.78, 5) is 16.0. The monoisotopic (exact) mass is 290 g/mol. The molecule has 1 aliphatic rings. The molecule has 5 nitrogen and oxygen atoms in total. The van der Waals surface area contributed by atoms with E-state index in [-0.39, 0.29) is 5.91 Å². The lowest BCUT2D eigenvalue weighted by Gasteiger charge is -2.34. The first-order chi connectivity index (χ1) is 9.92. The zero-order chi connectivity index (χ0) is 15.6. The van der Waals surface area contributed by atoms with Crippen LogP contribution in [-0.4, -0.2) is 44.0 Å². The van der Waals surface area contributed by atoms with Gasteiger partial charge in [0, 0.05) is 31.2 Å². The molecule has 1 aliphatic heterocycles. The van der Waals surface area contributed by atoms with Gasteiger partial charge in [0.05, 0.1) is 11.4 Å². The molecule has 116 valence electrons. The molecule has 1 amide bonds. The van der Waals surface area contributed by atoms with Crippen molar-refractivity contribution in [2.45, 2.75) is 32.7 Å². The van der Waals surface area contributed by atoms with Crippen molar-refractivity contribution in [1.29, 1.82) is 0 Å². The first kappa shape index (κ1) is 15.6. The number of aryl methyl sites for hydroxylation is 1. The van der Waals surface area contributed by atoms with Crippen molar-refractivity contribution < 1.29 is 4.79 Å². The van der Waals surface area contributed by atoms with E-state index in [0.29, 0.717) is 12.5 Å². The Kier molecular flexibility index (Phi) is 4.73. The number of rotatable bonds is 5. The maximum atomic E-state index is 11.5. The summed E-state index contributed by atoms with van der Waals surface area (Å²) in [5.41, 5.74) is 10.1. The maximum absolute atomic E-state index is 11.5. The number of carbonyl (C=O) groups excluding carboxylic acids is 1. The highest BCUT2D eigenvalue weighted by atomic mass is 16.1. The van der Waals surface area contributed by atoms with Crippen LogP contribution < -0.4 is 16.0 Å². The second-order valence-electron chi connectivity index (χ2n) is 6.01. The van der Waals surface area contributed by atoms with Crippen LogP contribution in [0, 0.1) is 0 Å². The summed E-state index contributed by atoms with van der Waals surface area (Å²) in [6.45, 7) is 6.24. The number of fused-ring (bicyclic) bond motifs is 1. The fourth-order valence-corrected chi connectivity index (χ4v) is 3.03. The van der Waals surface area contributed by atoms with Crippen molar-refractivity contribution in [2.75, 3.05) is 43.1 Å². The molecule has 1 atom stereocenters. The van der Waals surface area contributed by atoms with Gasteiger partial charge in [-0.25, -0.2) is 0 Å². The van der Waals surface area contributed by atoms with Crippen molar-refractivity contribution in [1.82, 2.24) is 4.90 Å². The predicted octanol–water partition coefficient (Wildman–Crippen LogP) is 1.93. The van der Waals surface area contributed by atoms with Crippen molar-refractivity contribution in [3.8, 4) is 0 Å². The lowest BCUT2D eigenvalue weighted by Crippen LogP contribution is -2.40. The molecule has 2 rings (SSSR count). The van der Waals surface area contributed by atoms with Crippen molar-refractivity contribution in [3.05, 3.63) is 17.7 Å². The molecule has 0 saturated carbocycles. The van der Waals surface area contributed by atoms with E-state index in [4.69, 9.17) is 5.73 Å². The normalized spacial score (nSPS) is 15.6. The number of nitrogens with two attached hydrogens (primary N) is 1. The topological polar surface area (TPSA) is 61.6 Å². The van der Waals surface area contributed by atoms with Crippen LogP contribution in [-0.2, 0) is 11.2 Å². The van der Waals surface area contributed by atoms with E-state index in [0.717, 1.165) is 36.6 Å². The number of nitrogens with zero attached hydrogens (tertiary/aromatic N) is 2. The van der Waals surface area contributed by atoms with Crippen LogP contribution in [0.4, 0.5) is 17.1 Å². The fraction of sp³-hybridized carbons (Fsp3) is 0.562. The van der Waals surface area contributed by atoms with Gasteiger partial charge in [0.25, 0.3) is 0 Å². The molecule has 21 heavy (non-hydrogen) atoms. The van der Waals surface area contributed by atoms with E-state index in [2.05, 4.69) is 49.1 Å². The maximum Gasteiger partial charge on any atom is 0.224 e. The number of likely N-dealkylation sites (N-methyl/N-ethyl adjacent to an activating group) is 2. The highest BCUT2D eigenvalue weighted by Crippen LogP contribution is 2.34. The molecular formula is C16H26N4O. The Hall–Kier alpha value is -1.75. The number of hydrogen-bond acceptors (Lipinski definition) is 4. The van der Waals surface area contributed by atoms with Crippen LogP contribution in [0.1, 0.15) is 25.8 Å². The molecule has 0 bridgehead atoms. The number of hydrogen-bond donors (Lipinski definition) is 2. The Balaban J connectivity index is 2.31. The largest absolute Gasteiger partial charge is 0.397 e. The molecule has 0 saturated heterocycles. The number of carbonyl (C=O) groups is 1. The molecule has 1 aromatic carbocycles. The van der Waals surface area contributed by atoms with Gasteiger partial charge in [-0.3, -0.25) is 4.79 Å². The molecular weight excluding hydrogens is 264 g/mol. The van der Waals surface area contributed by atoms with Crippen LogP contribution in [0.15, 0.2) is 12.1 Å². The van der Waals surface area contributed by atoms with E-state index in [9.17, 15) is 4.79 Å². The number of nitrogen functional groups attached to an aromatic ring is 1. The molecule has 0 aromatic heterocycles. The van der Waals surface area contributed by atoms with Gasteiger partial charge in [0.2, 0.25) is 5.91 Å². The average molecular weight is 290 g/mol. The van der Waals surface area contributed by atoms with Crippen molar-refractivity contribution in [3.63, 3.8) is 0 Å². The van der Waals surface area contributed by atoms with E-state index in [1.165, 1.54) is 5.56 Å². The predicted molar refractivity (Wildman–Crippen MR) is 88.8 cm³/mol. The van der Waals surface area contributed by atoms with E-state index in [1.807, 2.05) is 6.07 Å². The molecule has 0 aliphatic carbocycles. The third-order valence-corrected chi connectivity index (χ3v) is 3.96. The van der Waals surface area contributed by atoms with Gasteiger partial charge in [-0.15, -0.1) is 0 Å². The Morgan fingerprint density at radius 3 is 2.67 bits per heavy atom. The summed E-state index contributed by atoms with van der Waals surface area (Å²) in [7, 11) is 4.16. The van der Waals surface area contributed by atoms with Crippen LogP contribution in [0.2, 0.25) is 0 Å². The highest BCUT2D eigenvalue weighted by molar-refractivity contribution is 5.95. The van der Waals surface area contributed by atoms with Gasteiger partial charge in [0.15, 0.2) is 0 Å². The Bertz CT molecular complexity index is 527. The molecule has 0 spiro atoms. The fourth-order valence-electron chi connectivity index (χ4n) is 3.03. The number of benzene rings is 1. The number of nitrogens with one attached hydrogen (secondary N) is 1. The first-order valence-electron chi connectivity index (χ1n) is 7.56. The van der Waals surface area contributed by atoms with Crippen molar-refractivity contribution in [2.24, 2.45) is 0 Å². The summed E-state index contributed by atoms with van der Waals surface area (Å²) in [5.74, 6) is 0.0722. The summed E-state index contributed by atoms with van der Waals surface area (Å²) < 4.78 is 0. The lowest BCUT2D eigenvalue weighted by atomic mass is 10.0. The second kappa shape index (κ2) is 6.35. The van der Waals surface area contributed by atoms with E-state index >= 15 is 0 Å². The first-order valence-corrected chi connectivity index (χ1v) is 7.56. The van der Waals surface area contributed by atoms with E-state index in [1.54, 1.807) is 0 Å². The summed E-state index contributed by atoms with van der Waals surface area (Å²) in [6.07, 6.45) is 1.34. The zero-order valence-corrected chi connectivity index (χ0v) is 13.4. The minimum Gasteiger partial charge on any atom is -0.397 e. The molecule has 3 N–H and O–H groups in total. The molecule has 0 radical (unpaired) electrons. The minimum absolute atomic E-state index is 0.0722. The summed E-state index contributed by atoms with van der Waals surface area (Å²) in [6, 6.07) is 4.41. The molecule has 1 heterocycles. The van der Waals surface area contributed by atoms with Gasteiger partial charge < -0.3 is 20.9 Å². The van der Waals surface area contributed by atoms with Gasteiger partial charge in [0.1, 0.15) is 0 Å². The molecule has 1 unspecified atom stereocenters. The number of amides is 1. The minimum atomic E-state index is 0.0722. The second-order valence-corrected chi connectivity index (χ2v) is 6.01. The molecule has 1 aromatic rings. The van der Waals surface area contributed by atoms with Crippen LogP contribution >= 0.6 is 0 Å². The third kappa shape index (κ3) is 3.47. The van der Waals surface area contributed by atoms with Gasteiger partial charge in [-0.05, 0) is 52.1 Å². The SMILES string of the molecule is CCN(c1cc2c(cc1N)NC(=O)CC2)C(C)CN(C)C. The third-order valence-electron chi connectivity index (χ3n) is 3.96. The Morgan fingerprint density at radius 1 is 1.33 bits per heavy atom. The van der Waals surface area contributed by atoms with Crippen LogP contribution in [0.3, 0.4) is 0 Å². The molecule has 5 heteroatoms.